The molecule has 0 spiro atoms. The highest BCUT2D eigenvalue weighted by molar-refractivity contribution is 9.10. The third-order valence-corrected chi connectivity index (χ3v) is 3.69. The van der Waals surface area contributed by atoms with Gasteiger partial charge < -0.3 is 10.4 Å². The molecule has 1 atom stereocenters. The standard InChI is InChI=1S/C14H16BrN3O2/c1-18-14(20)13(15)12(9-17-18)16-8-11(19)7-10-5-3-2-4-6-10/h2-6,9,11,16,19H,7-8H2,1H3. The topological polar surface area (TPSA) is 67.2 Å². The molecule has 0 aliphatic carbocycles. The van der Waals surface area contributed by atoms with Crippen molar-refractivity contribution in [2.45, 2.75) is 12.5 Å². The highest BCUT2D eigenvalue weighted by atomic mass is 79.9. The van der Waals surface area contributed by atoms with E-state index in [2.05, 4.69) is 26.3 Å². The monoisotopic (exact) mass is 337 g/mol. The van der Waals surface area contributed by atoms with Crippen LogP contribution in [0.15, 0.2) is 45.8 Å². The zero-order valence-electron chi connectivity index (χ0n) is 11.1. The van der Waals surface area contributed by atoms with Crippen LogP contribution in [0, 0.1) is 0 Å². The normalized spacial score (nSPS) is 12.2. The van der Waals surface area contributed by atoms with Gasteiger partial charge in [0, 0.05) is 20.0 Å². The van der Waals surface area contributed by atoms with Gasteiger partial charge in [0.2, 0.25) is 0 Å². The van der Waals surface area contributed by atoms with Gasteiger partial charge in [-0.25, -0.2) is 4.68 Å². The summed E-state index contributed by atoms with van der Waals surface area (Å²) < 4.78 is 1.66. The summed E-state index contributed by atoms with van der Waals surface area (Å²) in [7, 11) is 1.58. The quantitative estimate of drug-likeness (QED) is 0.868. The van der Waals surface area contributed by atoms with Crippen molar-refractivity contribution in [3.63, 3.8) is 0 Å². The molecule has 0 amide bonds. The number of aryl methyl sites for hydroxylation is 1. The molecule has 2 aromatic rings. The van der Waals surface area contributed by atoms with E-state index in [-0.39, 0.29) is 5.56 Å². The molecular weight excluding hydrogens is 322 g/mol. The molecule has 20 heavy (non-hydrogen) atoms. The lowest BCUT2D eigenvalue weighted by Crippen LogP contribution is -2.25. The second kappa shape index (κ2) is 6.67. The highest BCUT2D eigenvalue weighted by Gasteiger charge is 2.09. The van der Waals surface area contributed by atoms with Gasteiger partial charge in [0.15, 0.2) is 0 Å². The Labute approximate surface area is 125 Å². The van der Waals surface area contributed by atoms with Crippen molar-refractivity contribution in [1.82, 2.24) is 9.78 Å². The molecule has 6 heteroatoms. The molecule has 2 rings (SSSR count). The molecule has 0 fully saturated rings. The fraction of sp³-hybridized carbons (Fsp3) is 0.286. The fourth-order valence-corrected chi connectivity index (χ4v) is 2.32. The number of anilines is 1. The maximum atomic E-state index is 11.7. The second-order valence-electron chi connectivity index (χ2n) is 4.53. The van der Waals surface area contributed by atoms with Crippen LogP contribution in [0.4, 0.5) is 5.69 Å². The van der Waals surface area contributed by atoms with E-state index in [1.165, 1.54) is 4.68 Å². The number of aliphatic hydroxyl groups is 1. The van der Waals surface area contributed by atoms with Crippen LogP contribution in [0.2, 0.25) is 0 Å². The minimum absolute atomic E-state index is 0.215. The first-order chi connectivity index (χ1) is 9.58. The summed E-state index contributed by atoms with van der Waals surface area (Å²) in [6, 6.07) is 9.77. The first-order valence-corrected chi connectivity index (χ1v) is 7.05. The molecule has 0 radical (unpaired) electrons. The first-order valence-electron chi connectivity index (χ1n) is 6.25. The van der Waals surface area contributed by atoms with Crippen LogP contribution in [0.3, 0.4) is 0 Å². The molecule has 0 saturated heterocycles. The van der Waals surface area contributed by atoms with Crippen LogP contribution in [0.25, 0.3) is 0 Å². The Balaban J connectivity index is 1.95. The number of halogens is 1. The molecule has 0 aliphatic heterocycles. The van der Waals surface area contributed by atoms with Crippen LogP contribution in [-0.2, 0) is 13.5 Å². The van der Waals surface area contributed by atoms with Gasteiger partial charge in [0.1, 0.15) is 4.47 Å². The summed E-state index contributed by atoms with van der Waals surface area (Å²) in [4.78, 5) is 11.7. The van der Waals surface area contributed by atoms with Crippen molar-refractivity contribution < 1.29 is 5.11 Å². The molecular formula is C14H16BrN3O2. The predicted octanol–water partition coefficient (Wildman–Crippen LogP) is 1.56. The van der Waals surface area contributed by atoms with Gasteiger partial charge in [0.05, 0.1) is 18.0 Å². The molecule has 0 bridgehead atoms. The van der Waals surface area contributed by atoms with Crippen LogP contribution in [0.5, 0.6) is 0 Å². The number of benzene rings is 1. The van der Waals surface area contributed by atoms with Gasteiger partial charge >= 0.3 is 0 Å². The summed E-state index contributed by atoms with van der Waals surface area (Å²) in [5.41, 5.74) is 1.44. The number of nitrogens with zero attached hydrogens (tertiary/aromatic N) is 2. The Bertz CT molecular complexity index is 628. The minimum atomic E-state index is -0.534. The van der Waals surface area contributed by atoms with Gasteiger partial charge in [-0.2, -0.15) is 5.10 Å². The molecule has 1 aromatic heterocycles. The summed E-state index contributed by atoms with van der Waals surface area (Å²) >= 11 is 3.23. The van der Waals surface area contributed by atoms with E-state index in [0.29, 0.717) is 23.1 Å². The van der Waals surface area contributed by atoms with Gasteiger partial charge in [-0.15, -0.1) is 0 Å². The maximum absolute atomic E-state index is 11.7. The van der Waals surface area contributed by atoms with E-state index in [0.717, 1.165) is 5.56 Å². The Morgan fingerprint density at radius 1 is 1.40 bits per heavy atom. The number of hydrogen-bond donors (Lipinski definition) is 2. The van der Waals surface area contributed by atoms with Crippen molar-refractivity contribution >= 4 is 21.6 Å². The van der Waals surface area contributed by atoms with Gasteiger partial charge in [0.25, 0.3) is 5.56 Å². The summed E-state index contributed by atoms with van der Waals surface area (Å²) in [5, 5.41) is 17.0. The van der Waals surface area contributed by atoms with Crippen molar-refractivity contribution in [2.24, 2.45) is 7.05 Å². The maximum Gasteiger partial charge on any atom is 0.282 e. The molecule has 0 aliphatic rings. The zero-order valence-corrected chi connectivity index (χ0v) is 12.7. The van der Waals surface area contributed by atoms with Crippen molar-refractivity contribution in [2.75, 3.05) is 11.9 Å². The number of nitrogens with one attached hydrogen (secondary N) is 1. The van der Waals surface area contributed by atoms with Crippen LogP contribution in [-0.4, -0.2) is 27.5 Å². The molecule has 2 N–H and O–H groups in total. The average Bonchev–Trinajstić information content (AvgIpc) is 2.45. The largest absolute Gasteiger partial charge is 0.391 e. The lowest BCUT2D eigenvalue weighted by atomic mass is 10.1. The molecule has 5 nitrogen and oxygen atoms in total. The number of rotatable bonds is 5. The molecule has 1 aromatic carbocycles. The van der Waals surface area contributed by atoms with E-state index >= 15 is 0 Å². The Kier molecular flexibility index (Phi) is 4.92. The van der Waals surface area contributed by atoms with Crippen LogP contribution in [0.1, 0.15) is 5.56 Å². The number of hydrogen-bond acceptors (Lipinski definition) is 4. The number of aromatic nitrogens is 2. The number of aliphatic hydroxyl groups excluding tert-OH is 1. The zero-order chi connectivity index (χ0) is 14.5. The summed E-state index contributed by atoms with van der Waals surface area (Å²) in [5.74, 6) is 0. The lowest BCUT2D eigenvalue weighted by Gasteiger charge is -2.13. The highest BCUT2D eigenvalue weighted by Crippen LogP contribution is 2.16. The van der Waals surface area contributed by atoms with Crippen molar-refractivity contribution in [3.8, 4) is 0 Å². The second-order valence-corrected chi connectivity index (χ2v) is 5.32. The van der Waals surface area contributed by atoms with E-state index < -0.39 is 6.10 Å². The van der Waals surface area contributed by atoms with Gasteiger partial charge in [-0.1, -0.05) is 30.3 Å². The van der Waals surface area contributed by atoms with E-state index in [1.54, 1.807) is 13.2 Å². The minimum Gasteiger partial charge on any atom is -0.391 e. The Morgan fingerprint density at radius 3 is 2.80 bits per heavy atom. The van der Waals surface area contributed by atoms with Crippen LogP contribution < -0.4 is 10.9 Å². The molecule has 0 saturated carbocycles. The Hall–Kier alpha value is -1.66. The molecule has 106 valence electrons. The fourth-order valence-electron chi connectivity index (χ4n) is 1.82. The lowest BCUT2D eigenvalue weighted by molar-refractivity contribution is 0.188. The molecule has 1 heterocycles. The molecule has 1 unspecified atom stereocenters. The van der Waals surface area contributed by atoms with Crippen LogP contribution >= 0.6 is 15.9 Å². The predicted molar refractivity (Wildman–Crippen MR) is 81.8 cm³/mol. The smallest absolute Gasteiger partial charge is 0.282 e. The summed E-state index contributed by atoms with van der Waals surface area (Å²) in [6.07, 6.45) is 1.58. The van der Waals surface area contributed by atoms with Gasteiger partial charge in [-0.3, -0.25) is 4.79 Å². The van der Waals surface area contributed by atoms with E-state index in [4.69, 9.17) is 0 Å². The summed E-state index contributed by atoms with van der Waals surface area (Å²) in [6.45, 7) is 0.350. The van der Waals surface area contributed by atoms with E-state index in [1.807, 2.05) is 30.3 Å². The Morgan fingerprint density at radius 2 is 2.10 bits per heavy atom. The SMILES string of the molecule is Cn1ncc(NCC(O)Cc2ccccc2)c(Br)c1=O. The third-order valence-electron chi connectivity index (χ3n) is 2.92. The third kappa shape index (κ3) is 3.68. The van der Waals surface area contributed by atoms with Crippen molar-refractivity contribution in [3.05, 3.63) is 56.9 Å². The van der Waals surface area contributed by atoms with Crippen molar-refractivity contribution in [1.29, 1.82) is 0 Å². The van der Waals surface area contributed by atoms with Gasteiger partial charge in [-0.05, 0) is 21.5 Å². The first kappa shape index (κ1) is 14.7. The van der Waals surface area contributed by atoms with E-state index in [9.17, 15) is 9.90 Å². The average molecular weight is 338 g/mol.